The van der Waals surface area contributed by atoms with E-state index in [2.05, 4.69) is 27.9 Å². The van der Waals surface area contributed by atoms with E-state index in [0.29, 0.717) is 31.9 Å². The molecule has 1 fully saturated rings. The minimum atomic E-state index is -0.528. The fraction of sp³-hybridized carbons (Fsp3) is 0.429. The van der Waals surface area contributed by atoms with Crippen molar-refractivity contribution in [3.8, 4) is 0 Å². The van der Waals surface area contributed by atoms with Gasteiger partial charge < -0.3 is 15.0 Å². The van der Waals surface area contributed by atoms with Crippen molar-refractivity contribution < 1.29 is 14.3 Å². The summed E-state index contributed by atoms with van der Waals surface area (Å²) in [5, 5.41) is 2.74. The van der Waals surface area contributed by atoms with E-state index in [9.17, 15) is 9.59 Å². The van der Waals surface area contributed by atoms with Crippen LogP contribution in [0.25, 0.3) is 0 Å². The molecule has 1 atom stereocenters. The normalized spacial score (nSPS) is 16.6. The van der Waals surface area contributed by atoms with Crippen molar-refractivity contribution in [3.05, 3.63) is 33.4 Å². The highest BCUT2D eigenvalue weighted by Gasteiger charge is 2.23. The van der Waals surface area contributed by atoms with Crippen molar-refractivity contribution in [3.63, 3.8) is 0 Å². The maximum Gasteiger partial charge on any atom is 0.251 e. The second kappa shape index (κ2) is 7.03. The Morgan fingerprint density at radius 2 is 1.85 bits per heavy atom. The third-order valence-electron chi connectivity index (χ3n) is 3.15. The van der Waals surface area contributed by atoms with Crippen LogP contribution in [0.5, 0.6) is 0 Å². The van der Waals surface area contributed by atoms with Gasteiger partial charge in [0.2, 0.25) is 5.91 Å². The maximum absolute atomic E-state index is 12.2. The SMILES string of the molecule is CC(NC(=O)c1ccc(I)cc1)C(=O)N1CCOCC1. The van der Waals surface area contributed by atoms with Gasteiger partial charge in [0, 0.05) is 22.2 Å². The standard InChI is InChI=1S/C14H17IN2O3/c1-10(14(19)17-6-8-20-9-7-17)16-13(18)11-2-4-12(15)5-3-11/h2-5,10H,6-9H2,1H3,(H,16,18). The summed E-state index contributed by atoms with van der Waals surface area (Å²) >= 11 is 2.18. The largest absolute Gasteiger partial charge is 0.378 e. The molecular formula is C14H17IN2O3. The average molecular weight is 388 g/mol. The molecule has 108 valence electrons. The molecule has 1 unspecified atom stereocenters. The van der Waals surface area contributed by atoms with Crippen LogP contribution in [0.3, 0.4) is 0 Å². The summed E-state index contributed by atoms with van der Waals surface area (Å²) in [7, 11) is 0. The number of carbonyl (C=O) groups excluding carboxylic acids is 2. The van der Waals surface area contributed by atoms with E-state index in [4.69, 9.17) is 4.74 Å². The van der Waals surface area contributed by atoms with Crippen molar-refractivity contribution in [1.82, 2.24) is 10.2 Å². The minimum absolute atomic E-state index is 0.0628. The number of nitrogens with zero attached hydrogens (tertiary/aromatic N) is 1. The van der Waals surface area contributed by atoms with Gasteiger partial charge in [-0.25, -0.2) is 0 Å². The smallest absolute Gasteiger partial charge is 0.251 e. The van der Waals surface area contributed by atoms with E-state index in [-0.39, 0.29) is 11.8 Å². The number of benzene rings is 1. The molecule has 0 saturated carbocycles. The molecule has 6 heteroatoms. The molecular weight excluding hydrogens is 371 g/mol. The zero-order chi connectivity index (χ0) is 14.5. The summed E-state index contributed by atoms with van der Waals surface area (Å²) in [6.07, 6.45) is 0. The lowest BCUT2D eigenvalue weighted by atomic mass is 10.2. The number of amides is 2. The Balaban J connectivity index is 1.92. The molecule has 1 aliphatic heterocycles. The number of nitrogens with one attached hydrogen (secondary N) is 1. The second-order valence-corrected chi connectivity index (χ2v) is 5.89. The maximum atomic E-state index is 12.2. The fourth-order valence-corrected chi connectivity index (χ4v) is 2.36. The van der Waals surface area contributed by atoms with Gasteiger partial charge in [0.15, 0.2) is 0 Å². The van der Waals surface area contributed by atoms with Gasteiger partial charge in [-0.2, -0.15) is 0 Å². The van der Waals surface area contributed by atoms with E-state index >= 15 is 0 Å². The van der Waals surface area contributed by atoms with Crippen LogP contribution < -0.4 is 5.32 Å². The van der Waals surface area contributed by atoms with E-state index in [1.807, 2.05) is 12.1 Å². The zero-order valence-corrected chi connectivity index (χ0v) is 13.4. The van der Waals surface area contributed by atoms with Crippen LogP contribution in [0, 0.1) is 3.57 Å². The van der Waals surface area contributed by atoms with Crippen molar-refractivity contribution in [2.75, 3.05) is 26.3 Å². The topological polar surface area (TPSA) is 58.6 Å². The highest BCUT2D eigenvalue weighted by atomic mass is 127. The molecule has 1 N–H and O–H groups in total. The molecule has 0 radical (unpaired) electrons. The van der Waals surface area contributed by atoms with Crippen LogP contribution in [0.1, 0.15) is 17.3 Å². The highest BCUT2D eigenvalue weighted by Crippen LogP contribution is 2.07. The molecule has 1 saturated heterocycles. The molecule has 1 aromatic carbocycles. The Morgan fingerprint density at radius 3 is 2.45 bits per heavy atom. The Labute approximate surface area is 131 Å². The molecule has 0 bridgehead atoms. The molecule has 2 amide bonds. The summed E-state index contributed by atoms with van der Waals surface area (Å²) < 4.78 is 6.28. The Bertz CT molecular complexity index is 484. The third-order valence-corrected chi connectivity index (χ3v) is 3.87. The lowest BCUT2D eigenvalue weighted by Crippen LogP contribution is -2.50. The highest BCUT2D eigenvalue weighted by molar-refractivity contribution is 14.1. The second-order valence-electron chi connectivity index (χ2n) is 4.64. The van der Waals surface area contributed by atoms with Crippen LogP contribution in [0.4, 0.5) is 0 Å². The van der Waals surface area contributed by atoms with Crippen molar-refractivity contribution in [1.29, 1.82) is 0 Å². The van der Waals surface area contributed by atoms with Gasteiger partial charge >= 0.3 is 0 Å². The summed E-state index contributed by atoms with van der Waals surface area (Å²) in [6.45, 7) is 4.00. The first-order valence-electron chi connectivity index (χ1n) is 6.51. The van der Waals surface area contributed by atoms with Gasteiger partial charge in [0.25, 0.3) is 5.91 Å². The van der Waals surface area contributed by atoms with E-state index < -0.39 is 6.04 Å². The quantitative estimate of drug-likeness (QED) is 0.794. The number of rotatable bonds is 3. The number of ether oxygens (including phenoxy) is 1. The van der Waals surface area contributed by atoms with Crippen LogP contribution in [0.15, 0.2) is 24.3 Å². The molecule has 1 aliphatic rings. The first-order chi connectivity index (χ1) is 9.58. The van der Waals surface area contributed by atoms with Crippen molar-refractivity contribution in [2.24, 2.45) is 0 Å². The molecule has 5 nitrogen and oxygen atoms in total. The van der Waals surface area contributed by atoms with Crippen molar-refractivity contribution in [2.45, 2.75) is 13.0 Å². The summed E-state index contributed by atoms with van der Waals surface area (Å²) in [5.74, 6) is -0.289. The van der Waals surface area contributed by atoms with E-state index in [1.54, 1.807) is 24.0 Å². The van der Waals surface area contributed by atoms with Crippen LogP contribution in [-0.4, -0.2) is 49.1 Å². The monoisotopic (exact) mass is 388 g/mol. The van der Waals surface area contributed by atoms with Gasteiger partial charge in [-0.3, -0.25) is 9.59 Å². The fourth-order valence-electron chi connectivity index (χ4n) is 2.00. The first-order valence-corrected chi connectivity index (χ1v) is 7.59. The summed E-state index contributed by atoms with van der Waals surface area (Å²) in [5.41, 5.74) is 0.562. The number of halogens is 1. The van der Waals surface area contributed by atoms with Crippen LogP contribution in [-0.2, 0) is 9.53 Å². The number of morpholine rings is 1. The molecule has 1 heterocycles. The van der Waals surface area contributed by atoms with Gasteiger partial charge in [-0.1, -0.05) is 0 Å². The molecule has 0 aromatic heterocycles. The predicted molar refractivity (Wildman–Crippen MR) is 83.5 cm³/mol. The average Bonchev–Trinajstić information content (AvgIpc) is 2.48. The third kappa shape index (κ3) is 3.92. The summed E-state index contributed by atoms with van der Waals surface area (Å²) in [6, 6.07) is 6.71. The first kappa shape index (κ1) is 15.2. The van der Waals surface area contributed by atoms with E-state index in [1.165, 1.54) is 0 Å². The Hall–Kier alpha value is -1.15. The van der Waals surface area contributed by atoms with Crippen LogP contribution in [0.2, 0.25) is 0 Å². The Morgan fingerprint density at radius 1 is 1.25 bits per heavy atom. The number of hydrogen-bond donors (Lipinski definition) is 1. The van der Waals surface area contributed by atoms with Crippen molar-refractivity contribution >= 4 is 34.4 Å². The van der Waals surface area contributed by atoms with E-state index in [0.717, 1.165) is 3.57 Å². The predicted octanol–water partition coefficient (Wildman–Crippen LogP) is 1.27. The molecule has 0 spiro atoms. The Kier molecular flexibility index (Phi) is 5.36. The van der Waals surface area contributed by atoms with Crippen LogP contribution >= 0.6 is 22.6 Å². The molecule has 2 rings (SSSR count). The van der Waals surface area contributed by atoms with Gasteiger partial charge in [0.1, 0.15) is 6.04 Å². The molecule has 0 aliphatic carbocycles. The minimum Gasteiger partial charge on any atom is -0.378 e. The lowest BCUT2D eigenvalue weighted by molar-refractivity contribution is -0.136. The molecule has 20 heavy (non-hydrogen) atoms. The summed E-state index contributed by atoms with van der Waals surface area (Å²) in [4.78, 5) is 25.9. The van der Waals surface area contributed by atoms with Gasteiger partial charge in [-0.05, 0) is 53.8 Å². The molecule has 1 aromatic rings. The van der Waals surface area contributed by atoms with Gasteiger partial charge in [0.05, 0.1) is 13.2 Å². The lowest BCUT2D eigenvalue weighted by Gasteiger charge is -2.29. The van der Waals surface area contributed by atoms with Gasteiger partial charge in [-0.15, -0.1) is 0 Å². The zero-order valence-electron chi connectivity index (χ0n) is 11.3. The number of carbonyl (C=O) groups is 2. The number of hydrogen-bond acceptors (Lipinski definition) is 3.